The van der Waals surface area contributed by atoms with Crippen LogP contribution in [0.4, 0.5) is 0 Å². The largest absolute Gasteiger partial charge is 0.480 e. The van der Waals surface area contributed by atoms with E-state index in [0.29, 0.717) is 5.75 Å². The number of benzene rings is 2. The average Bonchev–Trinajstić information content (AvgIpc) is 3.00. The van der Waals surface area contributed by atoms with Crippen molar-refractivity contribution in [2.45, 2.75) is 24.8 Å². The van der Waals surface area contributed by atoms with Crippen LogP contribution in [0.2, 0.25) is 0 Å². The number of thioether (sulfide) groups is 1. The molecule has 1 heterocycles. The number of imidazole rings is 1. The Labute approximate surface area is 161 Å². The number of carboxylic acid groups (broad SMARTS) is 1. The molecule has 1 aromatic heterocycles. The van der Waals surface area contributed by atoms with Gasteiger partial charge in [0.15, 0.2) is 0 Å². The highest BCUT2D eigenvalue weighted by atomic mass is 32.2. The minimum Gasteiger partial charge on any atom is -0.480 e. The van der Waals surface area contributed by atoms with Crippen molar-refractivity contribution < 1.29 is 14.7 Å². The van der Waals surface area contributed by atoms with Gasteiger partial charge in [-0.1, -0.05) is 42.5 Å². The summed E-state index contributed by atoms with van der Waals surface area (Å²) in [5.74, 6) is 0.0820. The molecular weight excluding hydrogens is 362 g/mol. The van der Waals surface area contributed by atoms with Crippen molar-refractivity contribution in [3.05, 3.63) is 66.0 Å². The van der Waals surface area contributed by atoms with Crippen LogP contribution in [0.15, 0.2) is 54.6 Å². The quantitative estimate of drug-likeness (QED) is 0.625. The molecule has 7 heteroatoms. The average molecular weight is 383 g/mol. The summed E-state index contributed by atoms with van der Waals surface area (Å²) in [6, 6.07) is 15.9. The first-order valence-corrected chi connectivity index (χ1v) is 9.97. The third-order valence-electron chi connectivity index (χ3n) is 4.22. The topological polar surface area (TPSA) is 84.2 Å². The molecule has 0 spiro atoms. The van der Waals surface area contributed by atoms with Gasteiger partial charge in [-0.2, -0.15) is 11.8 Å². The van der Waals surface area contributed by atoms with Crippen LogP contribution in [0.3, 0.4) is 0 Å². The van der Waals surface area contributed by atoms with E-state index in [1.165, 1.54) is 0 Å². The Balaban J connectivity index is 1.77. The molecule has 6 nitrogen and oxygen atoms in total. The zero-order valence-corrected chi connectivity index (χ0v) is 15.8. The molecule has 27 heavy (non-hydrogen) atoms. The maximum Gasteiger partial charge on any atom is 0.326 e. The molecule has 140 valence electrons. The molecule has 3 aromatic rings. The molecule has 0 aliphatic carbocycles. The smallest absolute Gasteiger partial charge is 0.326 e. The monoisotopic (exact) mass is 383 g/mol. The summed E-state index contributed by atoms with van der Waals surface area (Å²) >= 11 is 1.62. The Morgan fingerprint density at radius 1 is 1.15 bits per heavy atom. The van der Waals surface area contributed by atoms with E-state index < -0.39 is 12.0 Å². The van der Waals surface area contributed by atoms with Crippen molar-refractivity contribution in [1.29, 1.82) is 0 Å². The highest BCUT2D eigenvalue weighted by Crippen LogP contribution is 2.19. The second-order valence-electron chi connectivity index (χ2n) is 6.18. The van der Waals surface area contributed by atoms with Crippen LogP contribution in [0.25, 0.3) is 11.0 Å². The van der Waals surface area contributed by atoms with Gasteiger partial charge in [0.25, 0.3) is 0 Å². The van der Waals surface area contributed by atoms with E-state index in [4.69, 9.17) is 0 Å². The molecule has 0 unspecified atom stereocenters. The molecule has 0 radical (unpaired) electrons. The third-order valence-corrected chi connectivity index (χ3v) is 4.77. The summed E-state index contributed by atoms with van der Waals surface area (Å²) in [6.07, 6.45) is 2.22. The van der Waals surface area contributed by atoms with E-state index >= 15 is 0 Å². The van der Waals surface area contributed by atoms with Gasteiger partial charge < -0.3 is 15.0 Å². The number of hydrogen-bond acceptors (Lipinski definition) is 4. The standard InChI is InChI=1S/C20H21N3O3S/c1-27-13-18-21-15-9-5-6-10-17(15)23(18)12-19(24)22-16(20(25)26)11-14-7-3-2-4-8-14/h2-10,16H,11-13H2,1H3,(H,22,24)(H,25,26)/t16-/m0/s1. The van der Waals surface area contributed by atoms with Crippen LogP contribution >= 0.6 is 11.8 Å². The number of para-hydroxylation sites is 2. The lowest BCUT2D eigenvalue weighted by Gasteiger charge is -2.16. The van der Waals surface area contributed by atoms with E-state index in [1.807, 2.05) is 65.4 Å². The van der Waals surface area contributed by atoms with Crippen molar-refractivity contribution in [2.75, 3.05) is 6.26 Å². The number of fused-ring (bicyclic) bond motifs is 1. The molecule has 1 amide bonds. The zero-order chi connectivity index (χ0) is 19.2. The van der Waals surface area contributed by atoms with E-state index in [2.05, 4.69) is 10.3 Å². The van der Waals surface area contributed by atoms with Crippen LogP contribution in [0, 0.1) is 0 Å². The summed E-state index contributed by atoms with van der Waals surface area (Å²) in [5.41, 5.74) is 2.56. The number of nitrogens with zero attached hydrogens (tertiary/aromatic N) is 2. The summed E-state index contributed by atoms with van der Waals surface area (Å²) < 4.78 is 1.85. The van der Waals surface area contributed by atoms with Crippen LogP contribution in [0.5, 0.6) is 0 Å². The molecule has 2 aromatic carbocycles. The first-order chi connectivity index (χ1) is 13.1. The van der Waals surface area contributed by atoms with Gasteiger partial charge in [0.1, 0.15) is 18.4 Å². The zero-order valence-electron chi connectivity index (χ0n) is 15.0. The predicted molar refractivity (Wildman–Crippen MR) is 107 cm³/mol. The van der Waals surface area contributed by atoms with Crippen molar-refractivity contribution in [3.8, 4) is 0 Å². The Morgan fingerprint density at radius 3 is 2.56 bits per heavy atom. The van der Waals surface area contributed by atoms with Gasteiger partial charge in [0.05, 0.1) is 16.8 Å². The van der Waals surface area contributed by atoms with Gasteiger partial charge in [-0.25, -0.2) is 9.78 Å². The van der Waals surface area contributed by atoms with Crippen molar-refractivity contribution >= 4 is 34.7 Å². The fourth-order valence-electron chi connectivity index (χ4n) is 2.97. The Kier molecular flexibility index (Phi) is 6.13. The number of nitrogens with one attached hydrogen (secondary N) is 1. The highest BCUT2D eigenvalue weighted by Gasteiger charge is 2.21. The van der Waals surface area contributed by atoms with Crippen LogP contribution < -0.4 is 5.32 Å². The summed E-state index contributed by atoms with van der Waals surface area (Å²) in [4.78, 5) is 28.8. The SMILES string of the molecule is CSCc1nc2ccccc2n1CC(=O)N[C@@H](Cc1ccccc1)C(=O)O. The van der Waals surface area contributed by atoms with Gasteiger partial charge in [0, 0.05) is 6.42 Å². The number of carbonyl (C=O) groups is 2. The lowest BCUT2D eigenvalue weighted by molar-refractivity contribution is -0.141. The number of hydrogen-bond donors (Lipinski definition) is 2. The minimum atomic E-state index is -1.05. The van der Waals surface area contributed by atoms with Gasteiger partial charge >= 0.3 is 5.97 Å². The van der Waals surface area contributed by atoms with E-state index in [9.17, 15) is 14.7 Å². The molecule has 2 N–H and O–H groups in total. The van der Waals surface area contributed by atoms with Crippen molar-refractivity contribution in [1.82, 2.24) is 14.9 Å². The maximum atomic E-state index is 12.6. The molecule has 1 atom stereocenters. The molecule has 0 aliphatic rings. The Bertz CT molecular complexity index is 940. The number of rotatable bonds is 8. The number of carbonyl (C=O) groups excluding carboxylic acids is 1. The highest BCUT2D eigenvalue weighted by molar-refractivity contribution is 7.97. The van der Waals surface area contributed by atoms with Crippen LogP contribution in [-0.2, 0) is 28.3 Å². The molecule has 0 saturated carbocycles. The summed E-state index contributed by atoms with van der Waals surface area (Å²) in [7, 11) is 0. The van der Waals surface area contributed by atoms with Crippen LogP contribution in [-0.4, -0.2) is 38.8 Å². The van der Waals surface area contributed by atoms with Crippen molar-refractivity contribution in [3.63, 3.8) is 0 Å². The number of aromatic nitrogens is 2. The second-order valence-corrected chi connectivity index (χ2v) is 7.05. The lowest BCUT2D eigenvalue weighted by Crippen LogP contribution is -2.43. The first kappa shape index (κ1) is 19.0. The molecular formula is C20H21N3O3S. The Morgan fingerprint density at radius 2 is 1.85 bits per heavy atom. The molecule has 0 bridgehead atoms. The number of amides is 1. The van der Waals surface area contributed by atoms with Gasteiger partial charge in [0.2, 0.25) is 5.91 Å². The third kappa shape index (κ3) is 4.68. The molecule has 0 aliphatic heterocycles. The van der Waals surface area contributed by atoms with Crippen molar-refractivity contribution in [2.24, 2.45) is 0 Å². The second kappa shape index (κ2) is 8.73. The van der Waals surface area contributed by atoms with Crippen LogP contribution in [0.1, 0.15) is 11.4 Å². The number of carboxylic acids is 1. The Hall–Kier alpha value is -2.80. The number of aliphatic carboxylic acids is 1. The summed E-state index contributed by atoms with van der Waals surface area (Å²) in [5, 5.41) is 12.1. The van der Waals surface area contributed by atoms with E-state index in [0.717, 1.165) is 22.4 Å². The normalized spacial score (nSPS) is 12.0. The maximum absolute atomic E-state index is 12.6. The van der Waals surface area contributed by atoms with Gasteiger partial charge in [-0.3, -0.25) is 4.79 Å². The molecule has 3 rings (SSSR count). The lowest BCUT2D eigenvalue weighted by atomic mass is 10.1. The summed E-state index contributed by atoms with van der Waals surface area (Å²) in [6.45, 7) is 0.0367. The minimum absolute atomic E-state index is 0.0367. The van der Waals surface area contributed by atoms with Gasteiger partial charge in [-0.05, 0) is 24.0 Å². The molecule has 0 fully saturated rings. The predicted octanol–water partition coefficient (Wildman–Crippen LogP) is 2.71. The molecule has 0 saturated heterocycles. The fraction of sp³-hybridized carbons (Fsp3) is 0.250. The van der Waals surface area contributed by atoms with Gasteiger partial charge in [-0.15, -0.1) is 0 Å². The fourth-order valence-corrected chi connectivity index (χ4v) is 3.45. The van der Waals surface area contributed by atoms with E-state index in [-0.39, 0.29) is 18.9 Å². The van der Waals surface area contributed by atoms with E-state index in [1.54, 1.807) is 11.8 Å². The first-order valence-electron chi connectivity index (χ1n) is 8.57.